The van der Waals surface area contributed by atoms with Gasteiger partial charge >= 0.3 is 0 Å². The molecule has 0 saturated carbocycles. The number of aromatic nitrogens is 1. The summed E-state index contributed by atoms with van der Waals surface area (Å²) in [5.41, 5.74) is 1.88. The molecule has 1 heterocycles. The second kappa shape index (κ2) is 6.26. The molecule has 0 saturated heterocycles. The van der Waals surface area contributed by atoms with Crippen LogP contribution in [0.3, 0.4) is 0 Å². The van der Waals surface area contributed by atoms with E-state index in [2.05, 4.69) is 24.1 Å². The van der Waals surface area contributed by atoms with Crippen molar-refractivity contribution in [2.24, 2.45) is 0 Å². The maximum absolute atomic E-state index is 13.2. The minimum absolute atomic E-state index is 0.218. The largest absolute Gasteiger partial charge is 0.309 e. The van der Waals surface area contributed by atoms with Gasteiger partial charge < -0.3 is 5.32 Å². The fraction of sp³-hybridized carbons (Fsp3) is 0.400. The molecule has 1 aromatic carbocycles. The molecule has 1 N–H and O–H groups in total. The van der Waals surface area contributed by atoms with Crippen molar-refractivity contribution in [3.63, 3.8) is 0 Å². The van der Waals surface area contributed by atoms with E-state index in [1.165, 1.54) is 17.0 Å². The summed E-state index contributed by atoms with van der Waals surface area (Å²) in [5.74, 6) is -0.218. The summed E-state index contributed by atoms with van der Waals surface area (Å²) < 4.78 is 13.2. The molecule has 0 spiro atoms. The van der Waals surface area contributed by atoms with Gasteiger partial charge in [-0.15, -0.1) is 11.3 Å². The molecule has 0 aliphatic rings. The van der Waals surface area contributed by atoms with Crippen LogP contribution in [0.25, 0.3) is 10.6 Å². The molecular weight excluding hydrogens is 259 g/mol. The molecular formula is C15H19FN2S. The lowest BCUT2D eigenvalue weighted by molar-refractivity contribution is 0.575. The zero-order chi connectivity index (χ0) is 13.8. The lowest BCUT2D eigenvalue weighted by atomic mass is 10.2. The SMILES string of the molecule is CCCNC(C)c1sc(-c2cccc(F)c2)nc1C. The first-order valence-corrected chi connectivity index (χ1v) is 7.40. The highest BCUT2D eigenvalue weighted by molar-refractivity contribution is 7.15. The van der Waals surface area contributed by atoms with Crippen molar-refractivity contribution in [2.75, 3.05) is 6.54 Å². The summed E-state index contributed by atoms with van der Waals surface area (Å²) in [6.45, 7) is 7.30. The third-order valence-electron chi connectivity index (χ3n) is 3.00. The highest BCUT2D eigenvalue weighted by Gasteiger charge is 2.14. The Bertz CT molecular complexity index is 551. The second-order valence-corrected chi connectivity index (χ2v) is 5.69. The van der Waals surface area contributed by atoms with Gasteiger partial charge in [-0.1, -0.05) is 19.1 Å². The molecule has 1 unspecified atom stereocenters. The maximum Gasteiger partial charge on any atom is 0.124 e. The molecule has 4 heteroatoms. The number of hydrogen-bond donors (Lipinski definition) is 1. The van der Waals surface area contributed by atoms with Crippen molar-refractivity contribution in [3.05, 3.63) is 40.7 Å². The Morgan fingerprint density at radius 2 is 2.21 bits per heavy atom. The predicted molar refractivity (Wildman–Crippen MR) is 79.0 cm³/mol. The molecule has 2 aromatic rings. The molecule has 0 radical (unpaired) electrons. The topological polar surface area (TPSA) is 24.9 Å². The standard InChI is InChI=1S/C15H19FN2S/c1-4-8-17-10(2)14-11(3)18-15(19-14)12-6-5-7-13(16)9-12/h5-7,9-10,17H,4,8H2,1-3H3. The van der Waals surface area contributed by atoms with Crippen LogP contribution in [0, 0.1) is 12.7 Å². The average molecular weight is 278 g/mol. The fourth-order valence-electron chi connectivity index (χ4n) is 2.01. The van der Waals surface area contributed by atoms with Gasteiger partial charge in [-0.25, -0.2) is 9.37 Å². The Morgan fingerprint density at radius 1 is 1.42 bits per heavy atom. The van der Waals surface area contributed by atoms with E-state index in [4.69, 9.17) is 0 Å². The third-order valence-corrected chi connectivity index (χ3v) is 4.39. The minimum Gasteiger partial charge on any atom is -0.309 e. The average Bonchev–Trinajstić information content (AvgIpc) is 2.78. The van der Waals surface area contributed by atoms with Crippen molar-refractivity contribution in [3.8, 4) is 10.6 Å². The first-order chi connectivity index (χ1) is 9.11. The monoisotopic (exact) mass is 278 g/mol. The summed E-state index contributed by atoms with van der Waals surface area (Å²) in [4.78, 5) is 5.79. The lowest BCUT2D eigenvalue weighted by Gasteiger charge is -2.11. The van der Waals surface area contributed by atoms with E-state index < -0.39 is 0 Å². The molecule has 102 valence electrons. The Balaban J connectivity index is 2.25. The van der Waals surface area contributed by atoms with Crippen LogP contribution in [0.2, 0.25) is 0 Å². The van der Waals surface area contributed by atoms with Crippen molar-refractivity contribution in [1.29, 1.82) is 0 Å². The van der Waals surface area contributed by atoms with Crippen LogP contribution in [0.15, 0.2) is 24.3 Å². The molecule has 1 aromatic heterocycles. The Morgan fingerprint density at radius 3 is 2.89 bits per heavy atom. The zero-order valence-electron chi connectivity index (χ0n) is 11.5. The summed E-state index contributed by atoms with van der Waals surface area (Å²) in [7, 11) is 0. The van der Waals surface area contributed by atoms with E-state index in [9.17, 15) is 4.39 Å². The van der Waals surface area contributed by atoms with Gasteiger partial charge in [0.1, 0.15) is 10.8 Å². The zero-order valence-corrected chi connectivity index (χ0v) is 12.4. The van der Waals surface area contributed by atoms with E-state index >= 15 is 0 Å². The summed E-state index contributed by atoms with van der Waals surface area (Å²) >= 11 is 1.64. The first-order valence-electron chi connectivity index (χ1n) is 6.58. The van der Waals surface area contributed by atoms with Gasteiger partial charge in [-0.05, 0) is 38.9 Å². The highest BCUT2D eigenvalue weighted by atomic mass is 32.1. The molecule has 1 atom stereocenters. The molecule has 2 nitrogen and oxygen atoms in total. The Kier molecular flexibility index (Phi) is 4.66. The number of rotatable bonds is 5. The number of thiazole rings is 1. The summed E-state index contributed by atoms with van der Waals surface area (Å²) in [6, 6.07) is 6.90. The minimum atomic E-state index is -0.218. The molecule has 0 aliphatic carbocycles. The third kappa shape index (κ3) is 3.39. The maximum atomic E-state index is 13.2. The second-order valence-electron chi connectivity index (χ2n) is 4.65. The van der Waals surface area contributed by atoms with E-state index in [1.54, 1.807) is 17.4 Å². The number of nitrogens with one attached hydrogen (secondary N) is 1. The molecule has 0 amide bonds. The van der Waals surface area contributed by atoms with E-state index in [0.29, 0.717) is 6.04 Å². The van der Waals surface area contributed by atoms with Crippen molar-refractivity contribution in [1.82, 2.24) is 10.3 Å². The Hall–Kier alpha value is -1.26. The highest BCUT2D eigenvalue weighted by Crippen LogP contribution is 2.31. The smallest absolute Gasteiger partial charge is 0.124 e. The fourth-order valence-corrected chi connectivity index (χ4v) is 3.10. The van der Waals surface area contributed by atoms with Crippen LogP contribution < -0.4 is 5.32 Å². The van der Waals surface area contributed by atoms with Gasteiger partial charge in [-0.3, -0.25) is 0 Å². The number of nitrogens with zero attached hydrogens (tertiary/aromatic N) is 1. The lowest BCUT2D eigenvalue weighted by Crippen LogP contribution is -2.18. The summed E-state index contributed by atoms with van der Waals surface area (Å²) in [5, 5.41) is 4.35. The molecule has 0 fully saturated rings. The van der Waals surface area contributed by atoms with E-state index in [0.717, 1.165) is 29.2 Å². The van der Waals surface area contributed by atoms with Gasteiger partial charge in [-0.2, -0.15) is 0 Å². The van der Waals surface area contributed by atoms with Crippen LogP contribution in [0.1, 0.15) is 36.9 Å². The van der Waals surface area contributed by atoms with Crippen LogP contribution >= 0.6 is 11.3 Å². The molecule has 19 heavy (non-hydrogen) atoms. The molecule has 0 bridgehead atoms. The number of halogens is 1. The first kappa shape index (κ1) is 14.2. The molecule has 2 rings (SSSR count). The van der Waals surface area contributed by atoms with Gasteiger partial charge in [0.15, 0.2) is 0 Å². The number of hydrogen-bond acceptors (Lipinski definition) is 3. The quantitative estimate of drug-likeness (QED) is 0.881. The Labute approximate surface area is 117 Å². The number of benzene rings is 1. The van der Waals surface area contributed by atoms with Crippen molar-refractivity contribution in [2.45, 2.75) is 33.2 Å². The normalized spacial score (nSPS) is 12.6. The van der Waals surface area contributed by atoms with E-state index in [1.807, 2.05) is 13.0 Å². The number of aryl methyl sites for hydroxylation is 1. The van der Waals surface area contributed by atoms with Crippen LogP contribution in [0.4, 0.5) is 4.39 Å². The van der Waals surface area contributed by atoms with Gasteiger partial charge in [0.05, 0.1) is 5.69 Å². The van der Waals surface area contributed by atoms with Gasteiger partial charge in [0, 0.05) is 16.5 Å². The van der Waals surface area contributed by atoms with Crippen molar-refractivity contribution >= 4 is 11.3 Å². The summed E-state index contributed by atoms with van der Waals surface area (Å²) in [6.07, 6.45) is 1.11. The molecule has 0 aliphatic heterocycles. The van der Waals surface area contributed by atoms with Gasteiger partial charge in [0.2, 0.25) is 0 Å². The van der Waals surface area contributed by atoms with E-state index in [-0.39, 0.29) is 5.82 Å². The van der Waals surface area contributed by atoms with Crippen LogP contribution in [-0.4, -0.2) is 11.5 Å². The van der Waals surface area contributed by atoms with Crippen LogP contribution in [-0.2, 0) is 0 Å². The van der Waals surface area contributed by atoms with Crippen molar-refractivity contribution < 1.29 is 4.39 Å². The van der Waals surface area contributed by atoms with Gasteiger partial charge in [0.25, 0.3) is 0 Å². The van der Waals surface area contributed by atoms with Crippen LogP contribution in [0.5, 0.6) is 0 Å². The predicted octanol–water partition coefficient (Wildman–Crippen LogP) is 4.32.